The molecule has 2 rings (SSSR count). The van der Waals surface area contributed by atoms with Gasteiger partial charge in [-0.3, -0.25) is 4.99 Å². The Morgan fingerprint density at radius 1 is 1.17 bits per heavy atom. The van der Waals surface area contributed by atoms with Crippen molar-refractivity contribution in [2.45, 2.75) is 26.3 Å². The summed E-state index contributed by atoms with van der Waals surface area (Å²) in [5.74, 6) is 0.451. The molecule has 0 aliphatic rings. The van der Waals surface area contributed by atoms with E-state index >= 15 is 0 Å². The molecule has 0 radical (unpaired) electrons. The molecular formula is C19H26N4. The number of nitrogens with two attached hydrogens (primary N) is 1. The zero-order valence-corrected chi connectivity index (χ0v) is 14.2. The second kappa shape index (κ2) is 8.22. The number of benzene rings is 2. The highest BCUT2D eigenvalue weighted by Crippen LogP contribution is 2.14. The van der Waals surface area contributed by atoms with Gasteiger partial charge in [0.25, 0.3) is 0 Å². The first kappa shape index (κ1) is 16.9. The van der Waals surface area contributed by atoms with Crippen molar-refractivity contribution in [2.24, 2.45) is 10.7 Å². The van der Waals surface area contributed by atoms with Crippen molar-refractivity contribution in [2.75, 3.05) is 23.8 Å². The summed E-state index contributed by atoms with van der Waals surface area (Å²) in [5, 5.41) is 3.16. The SMILES string of the molecule is CCc1cccc(NC(N)=NCC(C)N(C)c2ccccc2)c1. The summed E-state index contributed by atoms with van der Waals surface area (Å²) in [7, 11) is 2.07. The van der Waals surface area contributed by atoms with Gasteiger partial charge in [-0.25, -0.2) is 0 Å². The van der Waals surface area contributed by atoms with Crippen LogP contribution in [-0.4, -0.2) is 25.6 Å². The summed E-state index contributed by atoms with van der Waals surface area (Å²) in [6.45, 7) is 4.91. The zero-order valence-electron chi connectivity index (χ0n) is 14.2. The number of hydrogen-bond donors (Lipinski definition) is 2. The highest BCUT2D eigenvalue weighted by Gasteiger charge is 2.09. The second-order valence-electron chi connectivity index (χ2n) is 5.70. The van der Waals surface area contributed by atoms with Gasteiger partial charge >= 0.3 is 0 Å². The lowest BCUT2D eigenvalue weighted by molar-refractivity contribution is 0.696. The summed E-state index contributed by atoms with van der Waals surface area (Å²) in [4.78, 5) is 6.67. The molecule has 0 saturated heterocycles. The minimum absolute atomic E-state index is 0.264. The van der Waals surface area contributed by atoms with Gasteiger partial charge < -0.3 is 16.0 Å². The van der Waals surface area contributed by atoms with Gasteiger partial charge in [0.15, 0.2) is 5.96 Å². The molecule has 2 aromatic rings. The lowest BCUT2D eigenvalue weighted by Crippen LogP contribution is -2.33. The van der Waals surface area contributed by atoms with Crippen LogP contribution in [0.15, 0.2) is 59.6 Å². The molecule has 0 heterocycles. The van der Waals surface area contributed by atoms with Crippen LogP contribution < -0.4 is 16.0 Å². The number of nitrogens with zero attached hydrogens (tertiary/aromatic N) is 2. The van der Waals surface area contributed by atoms with Gasteiger partial charge in [-0.1, -0.05) is 37.3 Å². The predicted octanol–water partition coefficient (Wildman–Crippen LogP) is 3.50. The molecule has 0 fully saturated rings. The van der Waals surface area contributed by atoms with Gasteiger partial charge in [-0.05, 0) is 43.2 Å². The summed E-state index contributed by atoms with van der Waals surface area (Å²) in [5.41, 5.74) is 9.44. The van der Waals surface area contributed by atoms with E-state index in [1.54, 1.807) is 0 Å². The van der Waals surface area contributed by atoms with Crippen LogP contribution in [0.25, 0.3) is 0 Å². The Balaban J connectivity index is 1.93. The van der Waals surface area contributed by atoms with E-state index in [0.717, 1.165) is 12.1 Å². The summed E-state index contributed by atoms with van der Waals surface area (Å²) in [6.07, 6.45) is 1.01. The average molecular weight is 310 g/mol. The van der Waals surface area contributed by atoms with Crippen molar-refractivity contribution in [1.82, 2.24) is 0 Å². The van der Waals surface area contributed by atoms with Crippen molar-refractivity contribution in [3.8, 4) is 0 Å². The van der Waals surface area contributed by atoms with Gasteiger partial charge in [0.1, 0.15) is 0 Å². The van der Waals surface area contributed by atoms with E-state index in [1.807, 2.05) is 30.3 Å². The number of aliphatic imine (C=N–C) groups is 1. The third kappa shape index (κ3) is 5.02. The normalized spacial score (nSPS) is 12.7. The Morgan fingerprint density at radius 3 is 2.61 bits per heavy atom. The van der Waals surface area contributed by atoms with Crippen molar-refractivity contribution >= 4 is 17.3 Å². The third-order valence-electron chi connectivity index (χ3n) is 3.96. The fourth-order valence-corrected chi connectivity index (χ4v) is 2.33. The van der Waals surface area contributed by atoms with Crippen LogP contribution in [0.4, 0.5) is 11.4 Å². The van der Waals surface area contributed by atoms with E-state index in [-0.39, 0.29) is 6.04 Å². The number of hydrogen-bond acceptors (Lipinski definition) is 2. The highest BCUT2D eigenvalue weighted by molar-refractivity contribution is 5.92. The zero-order chi connectivity index (χ0) is 16.7. The number of aryl methyl sites for hydroxylation is 1. The van der Waals surface area contributed by atoms with E-state index in [0.29, 0.717) is 12.5 Å². The van der Waals surface area contributed by atoms with Crippen molar-refractivity contribution in [3.05, 3.63) is 60.2 Å². The maximum Gasteiger partial charge on any atom is 0.193 e. The number of anilines is 2. The lowest BCUT2D eigenvalue weighted by Gasteiger charge is -2.25. The topological polar surface area (TPSA) is 53.6 Å². The van der Waals surface area contributed by atoms with Crippen LogP contribution in [0, 0.1) is 0 Å². The molecule has 1 atom stereocenters. The Morgan fingerprint density at radius 2 is 1.91 bits per heavy atom. The van der Waals surface area contributed by atoms with Gasteiger partial charge in [-0.15, -0.1) is 0 Å². The lowest BCUT2D eigenvalue weighted by atomic mass is 10.1. The van der Waals surface area contributed by atoms with E-state index in [4.69, 9.17) is 5.73 Å². The number of likely N-dealkylation sites (N-methyl/N-ethyl adjacent to an activating group) is 1. The van der Waals surface area contributed by atoms with Crippen LogP contribution in [0.1, 0.15) is 19.4 Å². The van der Waals surface area contributed by atoms with Gasteiger partial charge in [0.05, 0.1) is 6.54 Å². The number of nitrogens with one attached hydrogen (secondary N) is 1. The molecule has 4 heteroatoms. The maximum absolute atomic E-state index is 6.00. The third-order valence-corrected chi connectivity index (χ3v) is 3.96. The Labute approximate surface area is 139 Å². The van der Waals surface area contributed by atoms with Crippen LogP contribution in [0.2, 0.25) is 0 Å². The second-order valence-corrected chi connectivity index (χ2v) is 5.70. The van der Waals surface area contributed by atoms with E-state index in [9.17, 15) is 0 Å². The first-order chi connectivity index (χ1) is 11.1. The summed E-state index contributed by atoms with van der Waals surface area (Å²) in [6, 6.07) is 18.8. The van der Waals surface area contributed by atoms with Gasteiger partial charge in [0, 0.05) is 24.5 Å². The smallest absolute Gasteiger partial charge is 0.193 e. The number of guanidine groups is 1. The largest absolute Gasteiger partial charge is 0.370 e. The predicted molar refractivity (Wildman–Crippen MR) is 100 cm³/mol. The number of rotatable bonds is 6. The fraction of sp³-hybridized carbons (Fsp3) is 0.316. The van der Waals surface area contributed by atoms with Crippen LogP contribution in [0.5, 0.6) is 0 Å². The standard InChI is InChI=1S/C19H26N4/c1-4-16-9-8-10-17(13-16)22-19(20)21-14-15(2)23(3)18-11-6-5-7-12-18/h5-13,15H,4,14H2,1-3H3,(H3,20,21,22). The van der Waals surface area contributed by atoms with Crippen molar-refractivity contribution < 1.29 is 0 Å². The first-order valence-electron chi connectivity index (χ1n) is 8.04. The highest BCUT2D eigenvalue weighted by atomic mass is 15.2. The van der Waals surface area contributed by atoms with Gasteiger partial charge in [-0.2, -0.15) is 0 Å². The molecule has 3 N–H and O–H groups in total. The molecule has 122 valence electrons. The Hall–Kier alpha value is -2.49. The molecule has 1 unspecified atom stereocenters. The maximum atomic E-state index is 6.00. The molecule has 0 spiro atoms. The number of para-hydroxylation sites is 1. The molecule has 2 aromatic carbocycles. The van der Waals surface area contributed by atoms with Crippen LogP contribution >= 0.6 is 0 Å². The average Bonchev–Trinajstić information content (AvgIpc) is 2.60. The Bertz CT molecular complexity index is 637. The minimum atomic E-state index is 0.264. The van der Waals surface area contributed by atoms with E-state index in [1.165, 1.54) is 11.3 Å². The molecule has 0 aromatic heterocycles. The van der Waals surface area contributed by atoms with Crippen LogP contribution in [-0.2, 0) is 6.42 Å². The fourth-order valence-electron chi connectivity index (χ4n) is 2.33. The molecule has 0 saturated carbocycles. The molecule has 0 amide bonds. The van der Waals surface area contributed by atoms with Crippen molar-refractivity contribution in [1.29, 1.82) is 0 Å². The monoisotopic (exact) mass is 310 g/mol. The molecule has 0 bridgehead atoms. The van der Waals surface area contributed by atoms with E-state index in [2.05, 4.69) is 60.4 Å². The quantitative estimate of drug-likeness (QED) is 0.634. The summed E-state index contributed by atoms with van der Waals surface area (Å²) >= 11 is 0. The first-order valence-corrected chi connectivity index (χ1v) is 8.04. The van der Waals surface area contributed by atoms with Crippen LogP contribution in [0.3, 0.4) is 0 Å². The molecule has 0 aliphatic carbocycles. The minimum Gasteiger partial charge on any atom is -0.370 e. The van der Waals surface area contributed by atoms with E-state index < -0.39 is 0 Å². The molecular weight excluding hydrogens is 284 g/mol. The summed E-state index contributed by atoms with van der Waals surface area (Å²) < 4.78 is 0. The molecule has 0 aliphatic heterocycles. The molecule has 4 nitrogen and oxygen atoms in total. The molecule has 23 heavy (non-hydrogen) atoms. The van der Waals surface area contributed by atoms with Crippen molar-refractivity contribution in [3.63, 3.8) is 0 Å². The van der Waals surface area contributed by atoms with Gasteiger partial charge in [0.2, 0.25) is 0 Å². The Kier molecular flexibility index (Phi) is 6.03.